The third-order valence-corrected chi connectivity index (χ3v) is 6.96. The number of methoxy groups -OCH3 is 1. The molecule has 1 aromatic rings. The van der Waals surface area contributed by atoms with Gasteiger partial charge in [0, 0.05) is 6.42 Å². The van der Waals surface area contributed by atoms with E-state index in [0.29, 0.717) is 5.69 Å². The molecular formula is C23H32ClN3O4. The fourth-order valence-electron chi connectivity index (χ4n) is 5.27. The quantitative estimate of drug-likeness (QED) is 0.532. The van der Waals surface area contributed by atoms with Gasteiger partial charge >= 0.3 is 12.0 Å². The number of hydrogen-bond donors (Lipinski definition) is 2. The second kappa shape index (κ2) is 10.0. The lowest BCUT2D eigenvalue weighted by Gasteiger charge is -2.37. The zero-order chi connectivity index (χ0) is 21.1. The number of carbonyl (C=O) groups is 3. The molecule has 7 nitrogen and oxygen atoms in total. The Morgan fingerprint density at radius 2 is 1.84 bits per heavy atom. The van der Waals surface area contributed by atoms with Crippen molar-refractivity contribution in [2.24, 2.45) is 5.92 Å². The maximum atomic E-state index is 13.8. The molecule has 0 spiro atoms. The van der Waals surface area contributed by atoms with Gasteiger partial charge in [-0.05, 0) is 74.4 Å². The van der Waals surface area contributed by atoms with Gasteiger partial charge in [0.25, 0.3) is 5.91 Å². The molecule has 1 aromatic carbocycles. The fourth-order valence-corrected chi connectivity index (χ4v) is 5.27. The van der Waals surface area contributed by atoms with Gasteiger partial charge in [-0.2, -0.15) is 0 Å². The van der Waals surface area contributed by atoms with E-state index in [2.05, 4.69) is 10.6 Å². The van der Waals surface area contributed by atoms with Crippen molar-refractivity contribution in [2.75, 3.05) is 25.1 Å². The number of carbonyl (C=O) groups excluding carboxylic acids is 3. The molecule has 1 saturated carbocycles. The molecule has 2 heterocycles. The van der Waals surface area contributed by atoms with Crippen LogP contribution in [0.4, 0.5) is 10.5 Å². The lowest BCUT2D eigenvalue weighted by molar-refractivity contribution is -0.141. The first kappa shape index (κ1) is 23.5. The first-order valence-corrected chi connectivity index (χ1v) is 11.1. The van der Waals surface area contributed by atoms with Crippen LogP contribution in [-0.2, 0) is 27.2 Å². The van der Waals surface area contributed by atoms with Crippen LogP contribution >= 0.6 is 12.4 Å². The second-order valence-corrected chi connectivity index (χ2v) is 8.66. The predicted molar refractivity (Wildman–Crippen MR) is 121 cm³/mol. The van der Waals surface area contributed by atoms with E-state index in [1.165, 1.54) is 23.1 Å². The molecule has 8 heteroatoms. The topological polar surface area (TPSA) is 87.7 Å². The maximum absolute atomic E-state index is 13.8. The minimum atomic E-state index is -1.03. The molecule has 0 bridgehead atoms. The number of anilines is 1. The van der Waals surface area contributed by atoms with E-state index in [1.54, 1.807) is 0 Å². The number of benzene rings is 1. The maximum Gasteiger partial charge on any atom is 0.329 e. The molecule has 3 amide bonds. The van der Waals surface area contributed by atoms with Gasteiger partial charge in [-0.1, -0.05) is 25.3 Å². The van der Waals surface area contributed by atoms with E-state index in [1.807, 2.05) is 18.2 Å². The van der Waals surface area contributed by atoms with Crippen molar-refractivity contribution in [1.82, 2.24) is 10.6 Å². The van der Waals surface area contributed by atoms with Crippen molar-refractivity contribution in [3.05, 3.63) is 29.3 Å². The van der Waals surface area contributed by atoms with Crippen LogP contribution in [0.15, 0.2) is 18.2 Å². The Morgan fingerprint density at radius 1 is 1.13 bits per heavy atom. The molecule has 0 radical (unpaired) electrons. The number of rotatable bonds is 5. The molecule has 1 saturated heterocycles. The van der Waals surface area contributed by atoms with Gasteiger partial charge in [-0.25, -0.2) is 9.69 Å². The number of urea groups is 1. The Morgan fingerprint density at radius 3 is 2.55 bits per heavy atom. The number of imide groups is 1. The Labute approximate surface area is 189 Å². The monoisotopic (exact) mass is 449 g/mol. The molecule has 0 aromatic heterocycles. The lowest BCUT2D eigenvalue weighted by Crippen LogP contribution is -2.54. The molecule has 2 aliphatic heterocycles. The van der Waals surface area contributed by atoms with Gasteiger partial charge in [0.2, 0.25) is 0 Å². The highest BCUT2D eigenvalue weighted by atomic mass is 35.5. The van der Waals surface area contributed by atoms with Crippen molar-refractivity contribution in [3.8, 4) is 0 Å². The Hall–Kier alpha value is -2.12. The summed E-state index contributed by atoms with van der Waals surface area (Å²) in [4.78, 5) is 40.0. The van der Waals surface area contributed by atoms with Crippen LogP contribution in [0.5, 0.6) is 0 Å². The van der Waals surface area contributed by atoms with Crippen molar-refractivity contribution in [3.63, 3.8) is 0 Å². The summed E-state index contributed by atoms with van der Waals surface area (Å²) in [6.45, 7) is 1.83. The standard InChI is InChI=1S/C23H31N3O4.ClH/c1-30-20(27)9-12-23(18-5-3-2-4-6-18)21(28)26(22(29)25-23)19-8-7-16-10-13-24-14-11-17(16)15-19;/h7-8,15,18,24H,2-6,9-14H2,1H3,(H,25,29);1H. The van der Waals surface area contributed by atoms with Crippen LogP contribution in [0.3, 0.4) is 0 Å². The summed E-state index contributed by atoms with van der Waals surface area (Å²) in [6.07, 6.45) is 7.22. The Kier molecular flexibility index (Phi) is 7.59. The van der Waals surface area contributed by atoms with Crippen molar-refractivity contribution in [1.29, 1.82) is 0 Å². The number of nitrogens with one attached hydrogen (secondary N) is 2. The lowest BCUT2D eigenvalue weighted by atomic mass is 9.72. The molecule has 31 heavy (non-hydrogen) atoms. The summed E-state index contributed by atoms with van der Waals surface area (Å²) in [5, 5.41) is 6.41. The molecule has 1 aliphatic carbocycles. The number of esters is 1. The van der Waals surface area contributed by atoms with E-state index in [4.69, 9.17) is 4.74 Å². The zero-order valence-electron chi connectivity index (χ0n) is 18.1. The van der Waals surface area contributed by atoms with Crippen LogP contribution in [0.2, 0.25) is 0 Å². The van der Waals surface area contributed by atoms with E-state index in [0.717, 1.165) is 58.0 Å². The van der Waals surface area contributed by atoms with Crippen molar-refractivity contribution >= 4 is 36.0 Å². The third-order valence-electron chi connectivity index (χ3n) is 6.96. The first-order valence-electron chi connectivity index (χ1n) is 11.1. The minimum absolute atomic E-state index is 0. The molecule has 4 rings (SSSR count). The van der Waals surface area contributed by atoms with E-state index >= 15 is 0 Å². The SMILES string of the molecule is COC(=O)CCC1(C2CCCCC2)NC(=O)N(c2ccc3c(c2)CCNCC3)C1=O.Cl. The molecule has 1 unspecified atom stereocenters. The molecular weight excluding hydrogens is 418 g/mol. The van der Waals surface area contributed by atoms with Crippen LogP contribution in [-0.4, -0.2) is 43.6 Å². The van der Waals surface area contributed by atoms with Gasteiger partial charge in [0.1, 0.15) is 5.54 Å². The summed E-state index contributed by atoms with van der Waals surface area (Å²) in [5.74, 6) is -0.541. The predicted octanol–water partition coefficient (Wildman–Crippen LogP) is 3.13. The summed E-state index contributed by atoms with van der Waals surface area (Å²) in [5.41, 5.74) is 2.04. The number of hydrogen-bond acceptors (Lipinski definition) is 5. The van der Waals surface area contributed by atoms with Crippen molar-refractivity contribution < 1.29 is 19.1 Å². The van der Waals surface area contributed by atoms with Crippen LogP contribution in [0.25, 0.3) is 0 Å². The highest BCUT2D eigenvalue weighted by molar-refractivity contribution is 6.23. The van der Waals surface area contributed by atoms with Gasteiger partial charge in [0.05, 0.1) is 12.8 Å². The Bertz CT molecular complexity index is 840. The van der Waals surface area contributed by atoms with Gasteiger partial charge in [0.15, 0.2) is 0 Å². The first-order chi connectivity index (χ1) is 14.5. The van der Waals surface area contributed by atoms with E-state index in [-0.39, 0.29) is 49.1 Å². The minimum Gasteiger partial charge on any atom is -0.469 e. The molecule has 3 aliphatic rings. The third kappa shape index (κ3) is 4.58. The average Bonchev–Trinajstić information content (AvgIpc) is 2.90. The normalized spacial score (nSPS) is 24.1. The Balaban J connectivity index is 0.00000272. The molecule has 170 valence electrons. The molecule has 2 fully saturated rings. The van der Waals surface area contributed by atoms with Crippen LogP contribution in [0, 0.1) is 5.92 Å². The number of fused-ring (bicyclic) bond motifs is 1. The highest BCUT2D eigenvalue weighted by Crippen LogP contribution is 2.41. The number of nitrogens with zero attached hydrogens (tertiary/aromatic N) is 1. The average molecular weight is 450 g/mol. The summed E-state index contributed by atoms with van der Waals surface area (Å²) in [7, 11) is 1.35. The van der Waals surface area contributed by atoms with Gasteiger partial charge < -0.3 is 15.4 Å². The highest BCUT2D eigenvalue weighted by Gasteiger charge is 2.56. The fraction of sp³-hybridized carbons (Fsp3) is 0.609. The van der Waals surface area contributed by atoms with Gasteiger partial charge in [-0.15, -0.1) is 12.4 Å². The summed E-state index contributed by atoms with van der Waals surface area (Å²) < 4.78 is 4.81. The van der Waals surface area contributed by atoms with E-state index < -0.39 is 5.54 Å². The van der Waals surface area contributed by atoms with E-state index in [9.17, 15) is 14.4 Å². The van der Waals surface area contributed by atoms with Crippen LogP contribution < -0.4 is 15.5 Å². The smallest absolute Gasteiger partial charge is 0.329 e. The number of halogens is 1. The number of ether oxygens (including phenoxy) is 1. The summed E-state index contributed by atoms with van der Waals surface area (Å²) >= 11 is 0. The molecule has 1 atom stereocenters. The molecule has 2 N–H and O–H groups in total. The number of amides is 3. The zero-order valence-corrected chi connectivity index (χ0v) is 18.9. The van der Waals surface area contributed by atoms with Crippen molar-refractivity contribution in [2.45, 2.75) is 63.3 Å². The van der Waals surface area contributed by atoms with Crippen LogP contribution in [0.1, 0.15) is 56.1 Å². The second-order valence-electron chi connectivity index (χ2n) is 8.66. The summed E-state index contributed by atoms with van der Waals surface area (Å²) in [6, 6.07) is 5.51. The van der Waals surface area contributed by atoms with Gasteiger partial charge in [-0.3, -0.25) is 9.59 Å². The largest absolute Gasteiger partial charge is 0.469 e.